The van der Waals surface area contributed by atoms with Crippen molar-refractivity contribution in [1.29, 1.82) is 0 Å². The van der Waals surface area contributed by atoms with Gasteiger partial charge in [-0.2, -0.15) is 0 Å². The fourth-order valence-corrected chi connectivity index (χ4v) is 2.74. The van der Waals surface area contributed by atoms with Crippen LogP contribution in [0.25, 0.3) is 0 Å². The van der Waals surface area contributed by atoms with Gasteiger partial charge in [0.2, 0.25) is 0 Å². The van der Waals surface area contributed by atoms with E-state index in [2.05, 4.69) is 0 Å². The zero-order valence-corrected chi connectivity index (χ0v) is 11.1. The van der Waals surface area contributed by atoms with Crippen molar-refractivity contribution < 1.29 is 9.31 Å². The van der Waals surface area contributed by atoms with Crippen LogP contribution in [0.15, 0.2) is 36.4 Å². The summed E-state index contributed by atoms with van der Waals surface area (Å²) in [7, 11) is 0. The van der Waals surface area contributed by atoms with Crippen LogP contribution in [0.1, 0.15) is 5.56 Å². The Labute approximate surface area is 119 Å². The molecule has 0 fully saturated rings. The number of hydrogen-bond donors (Lipinski definition) is 0. The summed E-state index contributed by atoms with van der Waals surface area (Å²) in [6.07, 6.45) is 0.722. The van der Waals surface area contributed by atoms with E-state index in [-0.39, 0.29) is 16.5 Å². The van der Waals surface area contributed by atoms with Crippen LogP contribution in [0.3, 0.4) is 0 Å². The predicted molar refractivity (Wildman–Crippen MR) is 75.2 cm³/mol. The van der Waals surface area contributed by atoms with Gasteiger partial charge in [-0.15, -0.1) is 0 Å². The maximum absolute atomic E-state index is 13.4. The van der Waals surface area contributed by atoms with Gasteiger partial charge in [-0.05, 0) is 36.2 Å². The topological polar surface area (TPSA) is 46.4 Å². The number of para-hydroxylation sites is 1. The van der Waals surface area contributed by atoms with Gasteiger partial charge >= 0.3 is 5.69 Å². The molecule has 6 heteroatoms. The Morgan fingerprint density at radius 1 is 1.25 bits per heavy atom. The summed E-state index contributed by atoms with van der Waals surface area (Å²) >= 11 is 5.92. The van der Waals surface area contributed by atoms with Gasteiger partial charge in [0, 0.05) is 12.2 Å². The fourth-order valence-electron chi connectivity index (χ4n) is 2.51. The lowest BCUT2D eigenvalue weighted by molar-refractivity contribution is -0.383. The zero-order valence-electron chi connectivity index (χ0n) is 10.3. The van der Waals surface area contributed by atoms with Crippen LogP contribution >= 0.6 is 11.6 Å². The van der Waals surface area contributed by atoms with E-state index in [1.54, 1.807) is 23.1 Å². The van der Waals surface area contributed by atoms with Crippen molar-refractivity contribution in [3.63, 3.8) is 0 Å². The molecular weight excluding hydrogens is 283 g/mol. The highest BCUT2D eigenvalue weighted by molar-refractivity contribution is 6.33. The summed E-state index contributed by atoms with van der Waals surface area (Å²) in [6, 6.07) is 9.26. The highest BCUT2D eigenvalue weighted by Crippen LogP contribution is 2.42. The second kappa shape index (κ2) is 4.76. The number of rotatable bonds is 2. The number of nitro benzene ring substituents is 1. The normalized spacial score (nSPS) is 13.4. The molecule has 0 unspecified atom stereocenters. The van der Waals surface area contributed by atoms with Crippen molar-refractivity contribution in [1.82, 2.24) is 0 Å². The highest BCUT2D eigenvalue weighted by atomic mass is 35.5. The van der Waals surface area contributed by atoms with Crippen LogP contribution in [-0.4, -0.2) is 11.5 Å². The molecule has 2 aromatic rings. The third-order valence-corrected chi connectivity index (χ3v) is 3.69. The van der Waals surface area contributed by atoms with Crippen molar-refractivity contribution in [3.05, 3.63) is 62.9 Å². The number of nitrogens with zero attached hydrogens (tertiary/aromatic N) is 2. The Kier molecular flexibility index (Phi) is 3.06. The molecule has 0 bridgehead atoms. The smallest absolute Gasteiger partial charge is 0.311 e. The molecule has 3 rings (SSSR count). The van der Waals surface area contributed by atoms with Crippen molar-refractivity contribution >= 4 is 28.7 Å². The lowest BCUT2D eigenvalue weighted by atomic mass is 10.1. The van der Waals surface area contributed by atoms with Crippen LogP contribution < -0.4 is 4.90 Å². The van der Waals surface area contributed by atoms with Gasteiger partial charge in [0.25, 0.3) is 0 Å². The van der Waals surface area contributed by atoms with E-state index in [0.717, 1.165) is 12.0 Å². The standard InChI is InChI=1S/C14H10ClFN2O2/c15-11-2-1-3-12(14(11)18(19)20)17-7-6-9-4-5-10(16)8-13(9)17/h1-5,8H,6-7H2. The molecule has 1 aliphatic heterocycles. The summed E-state index contributed by atoms with van der Waals surface area (Å²) in [6.45, 7) is 0.569. The first-order valence-electron chi connectivity index (χ1n) is 6.07. The Bertz CT molecular complexity index is 706. The number of nitro groups is 1. The van der Waals surface area contributed by atoms with Crippen molar-refractivity contribution in [2.45, 2.75) is 6.42 Å². The van der Waals surface area contributed by atoms with Crippen molar-refractivity contribution in [2.75, 3.05) is 11.4 Å². The van der Waals surface area contributed by atoms with E-state index in [4.69, 9.17) is 11.6 Å². The molecule has 102 valence electrons. The molecule has 0 saturated carbocycles. The summed E-state index contributed by atoms with van der Waals surface area (Å²) in [5, 5.41) is 11.3. The van der Waals surface area contributed by atoms with E-state index in [9.17, 15) is 14.5 Å². The van der Waals surface area contributed by atoms with E-state index in [1.807, 2.05) is 0 Å². The third kappa shape index (κ3) is 2.00. The van der Waals surface area contributed by atoms with Crippen LogP contribution in [0.4, 0.5) is 21.5 Å². The number of hydrogen-bond acceptors (Lipinski definition) is 3. The maximum atomic E-state index is 13.4. The van der Waals surface area contributed by atoms with Gasteiger partial charge in [0.15, 0.2) is 0 Å². The van der Waals surface area contributed by atoms with Crippen LogP contribution in [-0.2, 0) is 6.42 Å². The lowest BCUT2D eigenvalue weighted by Gasteiger charge is -2.19. The molecule has 0 radical (unpaired) electrons. The first-order valence-corrected chi connectivity index (χ1v) is 6.44. The SMILES string of the molecule is O=[N+]([O-])c1c(Cl)cccc1N1CCc2ccc(F)cc21. The van der Waals surface area contributed by atoms with E-state index >= 15 is 0 Å². The first-order chi connectivity index (χ1) is 9.58. The minimum atomic E-state index is -0.505. The van der Waals surface area contributed by atoms with Gasteiger partial charge in [-0.3, -0.25) is 10.1 Å². The largest absolute Gasteiger partial charge is 0.335 e. The maximum Gasteiger partial charge on any atom is 0.311 e. The second-order valence-electron chi connectivity index (χ2n) is 4.54. The van der Waals surface area contributed by atoms with Crippen molar-refractivity contribution in [2.24, 2.45) is 0 Å². The Morgan fingerprint density at radius 2 is 2.05 bits per heavy atom. The Balaban J connectivity index is 2.16. The Hall–Kier alpha value is -2.14. The molecule has 0 amide bonds. The van der Waals surface area contributed by atoms with Crippen LogP contribution in [0.2, 0.25) is 5.02 Å². The molecule has 1 heterocycles. The van der Waals surface area contributed by atoms with Gasteiger partial charge in [-0.1, -0.05) is 23.7 Å². The summed E-state index contributed by atoms with van der Waals surface area (Å²) in [4.78, 5) is 12.4. The second-order valence-corrected chi connectivity index (χ2v) is 4.95. The molecule has 2 aromatic carbocycles. The zero-order chi connectivity index (χ0) is 14.3. The average Bonchev–Trinajstić information content (AvgIpc) is 2.80. The summed E-state index contributed by atoms with van der Waals surface area (Å²) < 4.78 is 13.4. The van der Waals surface area contributed by atoms with E-state index < -0.39 is 4.92 Å². The predicted octanol–water partition coefficient (Wildman–Crippen LogP) is 4.08. The lowest BCUT2D eigenvalue weighted by Crippen LogP contribution is -2.15. The monoisotopic (exact) mass is 292 g/mol. The molecule has 0 spiro atoms. The third-order valence-electron chi connectivity index (χ3n) is 3.38. The minimum Gasteiger partial charge on any atom is -0.335 e. The average molecular weight is 293 g/mol. The minimum absolute atomic E-state index is 0.0809. The van der Waals surface area contributed by atoms with E-state index in [1.165, 1.54) is 18.2 Å². The number of benzene rings is 2. The molecule has 0 atom stereocenters. The molecule has 0 N–H and O–H groups in total. The number of fused-ring (bicyclic) bond motifs is 1. The molecule has 0 aliphatic carbocycles. The molecule has 20 heavy (non-hydrogen) atoms. The number of anilines is 2. The van der Waals surface area contributed by atoms with Crippen LogP contribution in [0, 0.1) is 15.9 Å². The first kappa shape index (κ1) is 12.9. The quantitative estimate of drug-likeness (QED) is 0.619. The van der Waals surface area contributed by atoms with Crippen molar-refractivity contribution in [3.8, 4) is 0 Å². The number of halogens is 2. The van der Waals surface area contributed by atoms with Gasteiger partial charge in [0.05, 0.1) is 4.92 Å². The molecule has 0 aromatic heterocycles. The highest BCUT2D eigenvalue weighted by Gasteiger charge is 2.28. The summed E-state index contributed by atoms with van der Waals surface area (Å²) in [5.41, 5.74) is 1.88. The molecule has 0 saturated heterocycles. The van der Waals surface area contributed by atoms with Gasteiger partial charge < -0.3 is 4.90 Å². The van der Waals surface area contributed by atoms with Gasteiger partial charge in [-0.25, -0.2) is 4.39 Å². The molecule has 4 nitrogen and oxygen atoms in total. The van der Waals surface area contributed by atoms with E-state index in [0.29, 0.717) is 17.9 Å². The molecular formula is C14H10ClFN2O2. The van der Waals surface area contributed by atoms with Gasteiger partial charge in [0.1, 0.15) is 16.5 Å². The van der Waals surface area contributed by atoms with Crippen LogP contribution in [0.5, 0.6) is 0 Å². The Morgan fingerprint density at radius 3 is 2.80 bits per heavy atom. The molecule has 1 aliphatic rings. The summed E-state index contributed by atoms with van der Waals surface area (Å²) in [5.74, 6) is -0.361. The fraction of sp³-hybridized carbons (Fsp3) is 0.143.